The van der Waals surface area contributed by atoms with Crippen LogP contribution in [0.15, 0.2) is 47.3 Å². The molecule has 2 aromatic carbocycles. The Kier molecular flexibility index (Phi) is 11.5. The largest absolute Gasteiger partial charge is 0.379 e. The highest BCUT2D eigenvalue weighted by Gasteiger charge is 2.28. The van der Waals surface area contributed by atoms with Gasteiger partial charge < -0.3 is 25.3 Å². The Morgan fingerprint density at radius 1 is 0.957 bits per heavy atom. The summed E-state index contributed by atoms with van der Waals surface area (Å²) in [5.74, 6) is 0.327. The van der Waals surface area contributed by atoms with Gasteiger partial charge in [0, 0.05) is 74.7 Å². The molecule has 9 nitrogen and oxygen atoms in total. The molecule has 9 heteroatoms. The third-order valence-corrected chi connectivity index (χ3v) is 9.89. The summed E-state index contributed by atoms with van der Waals surface area (Å²) < 4.78 is 5.51. The molecule has 1 aliphatic carbocycles. The van der Waals surface area contributed by atoms with Gasteiger partial charge in [-0.2, -0.15) is 0 Å². The molecule has 252 valence electrons. The molecule has 0 spiro atoms. The van der Waals surface area contributed by atoms with Crippen LogP contribution in [0.25, 0.3) is 11.1 Å². The van der Waals surface area contributed by atoms with E-state index in [1.807, 2.05) is 32.9 Å². The Hall–Kier alpha value is -3.95. The quantitative estimate of drug-likeness (QED) is 0.264. The number of nitrogens with zero attached hydrogens (tertiary/aromatic N) is 2. The number of nitrogens with one attached hydrogen (secondary N) is 3. The van der Waals surface area contributed by atoms with E-state index in [9.17, 15) is 14.4 Å². The van der Waals surface area contributed by atoms with E-state index < -0.39 is 0 Å². The molecule has 2 aliphatic rings. The summed E-state index contributed by atoms with van der Waals surface area (Å²) in [7, 11) is 0. The smallest absolute Gasteiger partial charge is 0.253 e. The number of carbonyl (C=O) groups is 2. The first-order valence-corrected chi connectivity index (χ1v) is 17.2. The molecule has 2 amide bonds. The highest BCUT2D eigenvalue weighted by Crippen LogP contribution is 2.36. The predicted molar refractivity (Wildman–Crippen MR) is 188 cm³/mol. The number of hydrogen-bond donors (Lipinski definition) is 3. The molecule has 0 bridgehead atoms. The maximum absolute atomic E-state index is 13.9. The number of ether oxygens (including phenoxy) is 1. The van der Waals surface area contributed by atoms with Crippen LogP contribution in [0.3, 0.4) is 0 Å². The number of amides is 2. The molecule has 3 aromatic rings. The Morgan fingerprint density at radius 3 is 2.30 bits per heavy atom. The van der Waals surface area contributed by atoms with E-state index in [1.165, 1.54) is 5.56 Å². The average molecular weight is 642 g/mol. The fourth-order valence-electron chi connectivity index (χ4n) is 7.16. The second kappa shape index (κ2) is 15.8. The van der Waals surface area contributed by atoms with Gasteiger partial charge in [-0.1, -0.05) is 24.3 Å². The maximum Gasteiger partial charge on any atom is 0.253 e. The van der Waals surface area contributed by atoms with Gasteiger partial charge in [-0.05, 0) is 105 Å². The van der Waals surface area contributed by atoms with Crippen LogP contribution in [0.1, 0.15) is 77.8 Å². The minimum atomic E-state index is -0.191. The lowest BCUT2D eigenvalue weighted by Gasteiger charge is -2.39. The number of aromatic amines is 1. The van der Waals surface area contributed by atoms with Gasteiger partial charge in [-0.15, -0.1) is 0 Å². The van der Waals surface area contributed by atoms with Crippen molar-refractivity contribution in [1.29, 1.82) is 0 Å². The zero-order valence-electron chi connectivity index (χ0n) is 28.7. The van der Waals surface area contributed by atoms with Crippen molar-refractivity contribution in [1.82, 2.24) is 20.5 Å². The molecule has 5 rings (SSSR count). The van der Waals surface area contributed by atoms with E-state index in [2.05, 4.69) is 62.7 Å². The maximum atomic E-state index is 13.9. The van der Waals surface area contributed by atoms with E-state index >= 15 is 0 Å². The van der Waals surface area contributed by atoms with Crippen LogP contribution in [-0.2, 0) is 22.6 Å². The van der Waals surface area contributed by atoms with Gasteiger partial charge in [-0.25, -0.2) is 0 Å². The second-order valence-electron chi connectivity index (χ2n) is 13.3. The van der Waals surface area contributed by atoms with Gasteiger partial charge in [0.1, 0.15) is 0 Å². The fraction of sp³-hybridized carbons (Fsp3) is 0.500. The molecule has 1 aromatic heterocycles. The van der Waals surface area contributed by atoms with Crippen molar-refractivity contribution in [2.75, 3.05) is 44.3 Å². The highest BCUT2D eigenvalue weighted by atomic mass is 16.5. The fourth-order valence-corrected chi connectivity index (χ4v) is 7.16. The van der Waals surface area contributed by atoms with Crippen molar-refractivity contribution in [3.63, 3.8) is 0 Å². The van der Waals surface area contributed by atoms with Crippen LogP contribution in [0.4, 0.5) is 5.69 Å². The summed E-state index contributed by atoms with van der Waals surface area (Å²) in [6.45, 7) is 15.6. The summed E-state index contributed by atoms with van der Waals surface area (Å²) in [6, 6.07) is 15.2. The molecule has 2 fully saturated rings. The monoisotopic (exact) mass is 641 g/mol. The van der Waals surface area contributed by atoms with Crippen molar-refractivity contribution in [2.24, 2.45) is 5.92 Å². The van der Waals surface area contributed by atoms with Gasteiger partial charge in [0.25, 0.3) is 11.5 Å². The first-order chi connectivity index (χ1) is 22.6. The second-order valence-corrected chi connectivity index (χ2v) is 13.3. The number of aryl methyl sites for hydroxylation is 2. The van der Waals surface area contributed by atoms with E-state index in [1.54, 1.807) is 6.92 Å². The predicted octanol–water partition coefficient (Wildman–Crippen LogP) is 5.25. The molecule has 0 radical (unpaired) electrons. The molecule has 1 saturated heterocycles. The lowest BCUT2D eigenvalue weighted by Crippen LogP contribution is -2.40. The Balaban J connectivity index is 1.43. The Morgan fingerprint density at radius 2 is 1.66 bits per heavy atom. The molecule has 1 aliphatic heterocycles. The van der Waals surface area contributed by atoms with Gasteiger partial charge in [-0.3, -0.25) is 19.3 Å². The Labute approximate surface area is 279 Å². The zero-order valence-corrected chi connectivity index (χ0v) is 28.7. The number of benzene rings is 2. The van der Waals surface area contributed by atoms with Crippen LogP contribution in [0, 0.1) is 26.7 Å². The van der Waals surface area contributed by atoms with Crippen molar-refractivity contribution in [3.05, 3.63) is 86.3 Å². The van der Waals surface area contributed by atoms with Crippen LogP contribution in [-0.4, -0.2) is 67.1 Å². The minimum absolute atomic E-state index is 0.0248. The standard InChI is InChI=1S/C38H51N5O4/c1-6-43(33-13-9-29(10-14-33)22-39-28(5)44)36-21-32(31-11-7-30(8-12-31)24-42-15-17-47-18-16-42)20-34(27(36)4)37(45)40-23-35-25(2)19-26(3)41-38(35)46/h7-8,11-12,19-21,29,33H,6,9-10,13-18,22-24H2,1-5H3,(H,39,44)(H,40,45)(H,41,46). The van der Waals surface area contributed by atoms with Crippen LogP contribution < -0.4 is 21.1 Å². The number of morpholine rings is 1. The number of carbonyl (C=O) groups excluding carboxylic acids is 2. The number of pyridine rings is 1. The van der Waals surface area contributed by atoms with E-state index in [4.69, 9.17) is 4.74 Å². The van der Waals surface area contributed by atoms with Crippen molar-refractivity contribution in [2.45, 2.75) is 79.4 Å². The minimum Gasteiger partial charge on any atom is -0.379 e. The number of H-pyrrole nitrogens is 1. The zero-order chi connectivity index (χ0) is 33.5. The SMILES string of the molecule is CCN(c1cc(-c2ccc(CN3CCOCC3)cc2)cc(C(=O)NCc2c(C)cc(C)[nH]c2=O)c1C)C1CCC(CNC(C)=O)CC1. The first kappa shape index (κ1) is 34.4. The van der Waals surface area contributed by atoms with Gasteiger partial charge in [0.2, 0.25) is 5.91 Å². The van der Waals surface area contributed by atoms with Crippen LogP contribution in [0.2, 0.25) is 0 Å². The van der Waals surface area contributed by atoms with Crippen LogP contribution in [0.5, 0.6) is 0 Å². The van der Waals surface area contributed by atoms with E-state index in [0.717, 1.165) is 105 Å². The first-order valence-electron chi connectivity index (χ1n) is 17.2. The van der Waals surface area contributed by atoms with Crippen molar-refractivity contribution < 1.29 is 14.3 Å². The molecule has 2 heterocycles. The molecule has 47 heavy (non-hydrogen) atoms. The van der Waals surface area contributed by atoms with Gasteiger partial charge >= 0.3 is 0 Å². The Bertz CT molecular complexity index is 1600. The summed E-state index contributed by atoms with van der Waals surface area (Å²) in [6.07, 6.45) is 4.19. The van der Waals surface area contributed by atoms with E-state index in [-0.39, 0.29) is 23.9 Å². The van der Waals surface area contributed by atoms with Crippen molar-refractivity contribution in [3.8, 4) is 11.1 Å². The molecule has 0 atom stereocenters. The van der Waals surface area contributed by atoms with Gasteiger partial charge in [0.15, 0.2) is 0 Å². The summed E-state index contributed by atoms with van der Waals surface area (Å²) in [5, 5.41) is 6.05. The summed E-state index contributed by atoms with van der Waals surface area (Å²) >= 11 is 0. The van der Waals surface area contributed by atoms with Crippen LogP contribution >= 0.6 is 0 Å². The topological polar surface area (TPSA) is 107 Å². The molecular formula is C38H51N5O4. The number of hydrogen-bond acceptors (Lipinski definition) is 6. The molecule has 0 unspecified atom stereocenters. The highest BCUT2D eigenvalue weighted by molar-refractivity contribution is 5.99. The lowest BCUT2D eigenvalue weighted by molar-refractivity contribution is -0.119. The number of rotatable bonds is 11. The normalized spacial score (nSPS) is 18.5. The number of aromatic nitrogens is 1. The summed E-state index contributed by atoms with van der Waals surface area (Å²) in [4.78, 5) is 45.8. The molecule has 3 N–H and O–H groups in total. The molecular weight excluding hydrogens is 590 g/mol. The third-order valence-electron chi connectivity index (χ3n) is 9.89. The van der Waals surface area contributed by atoms with Crippen molar-refractivity contribution >= 4 is 17.5 Å². The average Bonchev–Trinajstić information content (AvgIpc) is 3.05. The summed E-state index contributed by atoms with van der Waals surface area (Å²) in [5.41, 5.74) is 8.01. The number of anilines is 1. The molecule has 1 saturated carbocycles. The lowest BCUT2D eigenvalue weighted by atomic mass is 9.84. The third kappa shape index (κ3) is 8.70. The van der Waals surface area contributed by atoms with Gasteiger partial charge in [0.05, 0.1) is 13.2 Å². The van der Waals surface area contributed by atoms with E-state index in [0.29, 0.717) is 23.1 Å².